The topological polar surface area (TPSA) is 46.5 Å². The third-order valence-electron chi connectivity index (χ3n) is 5.41. The molecule has 1 aliphatic rings. The Hall–Kier alpha value is -1.77. The van der Waals surface area contributed by atoms with Gasteiger partial charge in [0.25, 0.3) is 5.91 Å². The zero-order chi connectivity index (χ0) is 22.0. The normalized spacial score (nSPS) is 15.0. The number of ether oxygens (including phenoxy) is 1. The monoisotopic (exact) mass is 475 g/mol. The van der Waals surface area contributed by atoms with Gasteiger partial charge in [-0.3, -0.25) is 9.69 Å². The summed E-state index contributed by atoms with van der Waals surface area (Å²) in [6.45, 7) is 9.00. The standard InChI is InChI=1S/C23H26ClN3O2S2/c1-15(2)27-14-20(22(28)25-12-16-3-5-17(24)6-4-16)21(30)19-11-18(31-23(19)27)13-26-7-9-29-10-8-26/h3-6,11,14-15H,7-10,12-13H2,1-2H3,(H,25,28). The van der Waals surface area contributed by atoms with Crippen LogP contribution in [0.25, 0.3) is 10.2 Å². The number of fused-ring (bicyclic) bond motifs is 1. The van der Waals surface area contributed by atoms with E-state index < -0.39 is 0 Å². The number of halogens is 1. The van der Waals surface area contributed by atoms with Gasteiger partial charge in [-0.05, 0) is 37.6 Å². The van der Waals surface area contributed by atoms with Crippen LogP contribution >= 0.6 is 35.2 Å². The lowest BCUT2D eigenvalue weighted by Crippen LogP contribution is -2.35. The van der Waals surface area contributed by atoms with E-state index in [9.17, 15) is 4.79 Å². The number of hydrogen-bond donors (Lipinski definition) is 1. The van der Waals surface area contributed by atoms with E-state index in [1.54, 1.807) is 11.3 Å². The molecule has 2 aromatic heterocycles. The van der Waals surface area contributed by atoms with Crippen LogP contribution in [0, 0.1) is 4.51 Å². The summed E-state index contributed by atoms with van der Waals surface area (Å²) < 4.78 is 8.24. The van der Waals surface area contributed by atoms with Crippen molar-refractivity contribution >= 4 is 51.3 Å². The lowest BCUT2D eigenvalue weighted by Gasteiger charge is -2.25. The molecule has 0 aliphatic carbocycles. The molecule has 1 amide bonds. The molecular formula is C23H26ClN3O2S2. The van der Waals surface area contributed by atoms with Crippen molar-refractivity contribution < 1.29 is 9.53 Å². The number of rotatable bonds is 6. The van der Waals surface area contributed by atoms with Crippen LogP contribution in [0.5, 0.6) is 0 Å². The molecule has 0 bridgehead atoms. The number of carbonyl (C=O) groups is 1. The highest BCUT2D eigenvalue weighted by atomic mass is 35.5. The van der Waals surface area contributed by atoms with Gasteiger partial charge in [0, 0.05) is 53.7 Å². The Morgan fingerprint density at radius 1 is 1.26 bits per heavy atom. The second kappa shape index (κ2) is 9.79. The Morgan fingerprint density at radius 3 is 2.65 bits per heavy atom. The molecule has 1 N–H and O–H groups in total. The van der Waals surface area contributed by atoms with Crippen LogP contribution in [0.1, 0.15) is 40.7 Å². The van der Waals surface area contributed by atoms with E-state index in [0.717, 1.165) is 48.6 Å². The van der Waals surface area contributed by atoms with Crippen LogP contribution in [-0.2, 0) is 17.8 Å². The molecule has 1 aromatic carbocycles. The Labute approximate surface area is 196 Å². The van der Waals surface area contributed by atoms with Crippen LogP contribution < -0.4 is 5.32 Å². The summed E-state index contributed by atoms with van der Waals surface area (Å²) in [6, 6.07) is 9.84. The summed E-state index contributed by atoms with van der Waals surface area (Å²) in [5.74, 6) is -0.155. The molecule has 3 aromatic rings. The van der Waals surface area contributed by atoms with Crippen molar-refractivity contribution in [1.82, 2.24) is 14.8 Å². The zero-order valence-electron chi connectivity index (χ0n) is 17.7. The smallest absolute Gasteiger partial charge is 0.254 e. The number of pyridine rings is 1. The number of nitrogens with one attached hydrogen (secondary N) is 1. The van der Waals surface area contributed by atoms with E-state index in [4.69, 9.17) is 28.6 Å². The number of thiophene rings is 1. The summed E-state index contributed by atoms with van der Waals surface area (Å²) in [7, 11) is 0. The van der Waals surface area contributed by atoms with E-state index in [-0.39, 0.29) is 11.9 Å². The average molecular weight is 476 g/mol. The molecule has 8 heteroatoms. The predicted octanol–water partition coefficient (Wildman–Crippen LogP) is 5.43. The number of aromatic nitrogens is 1. The molecule has 3 heterocycles. The summed E-state index contributed by atoms with van der Waals surface area (Å²) in [5.41, 5.74) is 1.53. The first-order valence-corrected chi connectivity index (χ1v) is 12.0. The van der Waals surface area contributed by atoms with E-state index in [0.29, 0.717) is 21.6 Å². The fraction of sp³-hybridized carbons (Fsp3) is 0.391. The minimum Gasteiger partial charge on any atom is -0.379 e. The van der Waals surface area contributed by atoms with Crippen LogP contribution in [0.3, 0.4) is 0 Å². The molecule has 31 heavy (non-hydrogen) atoms. The van der Waals surface area contributed by atoms with Gasteiger partial charge < -0.3 is 14.6 Å². The van der Waals surface area contributed by atoms with Gasteiger partial charge in [0.1, 0.15) is 4.83 Å². The summed E-state index contributed by atoms with van der Waals surface area (Å²) in [5, 5.41) is 4.66. The van der Waals surface area contributed by atoms with Crippen LogP contribution in [0.15, 0.2) is 36.5 Å². The van der Waals surface area contributed by atoms with Crippen molar-refractivity contribution in [3.8, 4) is 0 Å². The van der Waals surface area contributed by atoms with E-state index >= 15 is 0 Å². The Morgan fingerprint density at radius 2 is 1.97 bits per heavy atom. The van der Waals surface area contributed by atoms with Crippen LogP contribution in [0.2, 0.25) is 5.02 Å². The van der Waals surface area contributed by atoms with Crippen molar-refractivity contribution in [2.24, 2.45) is 0 Å². The molecule has 0 saturated carbocycles. The fourth-order valence-corrected chi connectivity index (χ4v) is 5.47. The van der Waals surface area contributed by atoms with Gasteiger partial charge in [0.15, 0.2) is 0 Å². The fourth-order valence-electron chi connectivity index (χ4n) is 3.67. The third-order valence-corrected chi connectivity index (χ3v) is 7.23. The van der Waals surface area contributed by atoms with Gasteiger partial charge in [-0.25, -0.2) is 0 Å². The van der Waals surface area contributed by atoms with Gasteiger partial charge in [-0.2, -0.15) is 0 Å². The van der Waals surface area contributed by atoms with Gasteiger partial charge in [-0.1, -0.05) is 36.0 Å². The summed E-state index contributed by atoms with van der Waals surface area (Å²) in [4.78, 5) is 17.8. The number of benzene rings is 1. The number of morpholine rings is 1. The highest BCUT2D eigenvalue weighted by Crippen LogP contribution is 2.31. The van der Waals surface area contributed by atoms with Crippen LogP contribution in [0.4, 0.5) is 0 Å². The van der Waals surface area contributed by atoms with E-state index in [2.05, 4.69) is 34.7 Å². The molecule has 1 aliphatic heterocycles. The van der Waals surface area contributed by atoms with Gasteiger partial charge >= 0.3 is 0 Å². The highest BCUT2D eigenvalue weighted by molar-refractivity contribution is 7.71. The van der Waals surface area contributed by atoms with Gasteiger partial charge in [-0.15, -0.1) is 11.3 Å². The number of carbonyl (C=O) groups excluding carboxylic acids is 1. The second-order valence-electron chi connectivity index (χ2n) is 8.00. The Kier molecular flexibility index (Phi) is 7.08. The maximum absolute atomic E-state index is 13.0. The summed E-state index contributed by atoms with van der Waals surface area (Å²) in [6.07, 6.45) is 1.90. The molecule has 164 valence electrons. The van der Waals surface area contributed by atoms with Gasteiger partial charge in [0.2, 0.25) is 0 Å². The predicted molar refractivity (Wildman–Crippen MR) is 130 cm³/mol. The lowest BCUT2D eigenvalue weighted by molar-refractivity contribution is 0.0346. The van der Waals surface area contributed by atoms with Gasteiger partial charge in [0.05, 0.1) is 23.3 Å². The van der Waals surface area contributed by atoms with E-state index in [1.165, 1.54) is 4.88 Å². The Bertz CT molecular complexity index is 1130. The molecule has 1 saturated heterocycles. The maximum Gasteiger partial charge on any atom is 0.254 e. The average Bonchev–Trinajstić information content (AvgIpc) is 3.18. The second-order valence-corrected chi connectivity index (χ2v) is 9.96. The van der Waals surface area contributed by atoms with Crippen molar-refractivity contribution in [3.05, 3.63) is 62.1 Å². The minimum atomic E-state index is -0.155. The third kappa shape index (κ3) is 5.18. The molecule has 1 fully saturated rings. The van der Waals surface area contributed by atoms with Crippen molar-refractivity contribution in [1.29, 1.82) is 0 Å². The molecular weight excluding hydrogens is 450 g/mol. The Balaban J connectivity index is 1.62. The van der Waals surface area contributed by atoms with Crippen molar-refractivity contribution in [2.75, 3.05) is 26.3 Å². The van der Waals surface area contributed by atoms with Crippen molar-refractivity contribution in [2.45, 2.75) is 33.0 Å². The highest BCUT2D eigenvalue weighted by Gasteiger charge is 2.18. The number of amides is 1. The molecule has 0 atom stereocenters. The number of hydrogen-bond acceptors (Lipinski definition) is 5. The zero-order valence-corrected chi connectivity index (χ0v) is 20.1. The largest absolute Gasteiger partial charge is 0.379 e. The summed E-state index contributed by atoms with van der Waals surface area (Å²) >= 11 is 13.5. The first kappa shape index (κ1) is 22.4. The van der Waals surface area contributed by atoms with Crippen molar-refractivity contribution in [3.63, 3.8) is 0 Å². The van der Waals surface area contributed by atoms with E-state index in [1.807, 2.05) is 30.5 Å². The lowest BCUT2D eigenvalue weighted by atomic mass is 10.1. The number of nitrogens with zero attached hydrogens (tertiary/aromatic N) is 2. The minimum absolute atomic E-state index is 0.155. The molecule has 0 spiro atoms. The molecule has 5 nitrogen and oxygen atoms in total. The first-order chi connectivity index (χ1) is 14.9. The molecule has 0 radical (unpaired) electrons. The SMILES string of the molecule is CC(C)n1cc(C(=O)NCc2ccc(Cl)cc2)c(=S)c2cc(CN3CCOCC3)sc21. The maximum atomic E-state index is 13.0. The van der Waals surface area contributed by atoms with Crippen LogP contribution in [-0.4, -0.2) is 41.7 Å². The quantitative estimate of drug-likeness (QED) is 0.483. The first-order valence-electron chi connectivity index (χ1n) is 10.4. The molecule has 0 unspecified atom stereocenters. The molecule has 4 rings (SSSR count).